The van der Waals surface area contributed by atoms with E-state index in [1.807, 2.05) is 37.4 Å². The molecule has 0 radical (unpaired) electrons. The van der Waals surface area contributed by atoms with E-state index in [1.165, 1.54) is 10.4 Å². The van der Waals surface area contributed by atoms with Crippen LogP contribution in [0.1, 0.15) is 29.0 Å². The number of halogens is 1. The first-order chi connectivity index (χ1) is 10.3. The van der Waals surface area contributed by atoms with Crippen LogP contribution in [0, 0.1) is 5.82 Å². The van der Waals surface area contributed by atoms with Gasteiger partial charge in [-0.1, -0.05) is 37.3 Å². The van der Waals surface area contributed by atoms with Gasteiger partial charge in [0.2, 0.25) is 0 Å². The van der Waals surface area contributed by atoms with Crippen LogP contribution in [0.3, 0.4) is 0 Å². The van der Waals surface area contributed by atoms with Gasteiger partial charge in [0, 0.05) is 10.3 Å². The molecule has 0 aliphatic carbocycles. The zero-order valence-corrected chi connectivity index (χ0v) is 13.0. The van der Waals surface area contributed by atoms with E-state index in [1.54, 1.807) is 17.4 Å². The molecule has 1 nitrogen and oxygen atoms in total. The number of rotatable bonds is 4. The van der Waals surface area contributed by atoms with Crippen molar-refractivity contribution in [1.29, 1.82) is 0 Å². The number of nitrogens with one attached hydrogen (secondary N) is 1. The maximum atomic E-state index is 14.0. The molecule has 0 fully saturated rings. The lowest BCUT2D eigenvalue weighted by Crippen LogP contribution is -2.18. The third kappa shape index (κ3) is 2.47. The number of thiophene rings is 1. The summed E-state index contributed by atoms with van der Waals surface area (Å²) >= 11 is 1.76. The van der Waals surface area contributed by atoms with Crippen molar-refractivity contribution >= 4 is 22.1 Å². The molecule has 1 unspecified atom stereocenters. The van der Waals surface area contributed by atoms with E-state index < -0.39 is 0 Å². The Kier molecular flexibility index (Phi) is 4.04. The highest BCUT2D eigenvalue weighted by molar-refractivity contribution is 7.10. The van der Waals surface area contributed by atoms with Gasteiger partial charge in [-0.15, -0.1) is 11.3 Å². The topological polar surface area (TPSA) is 12.0 Å². The smallest absolute Gasteiger partial charge is 0.131 e. The third-order valence-corrected chi connectivity index (χ3v) is 4.95. The molecule has 3 heteroatoms. The van der Waals surface area contributed by atoms with E-state index in [0.29, 0.717) is 5.39 Å². The van der Waals surface area contributed by atoms with Gasteiger partial charge in [-0.2, -0.15) is 0 Å². The molecule has 1 aromatic heterocycles. The second-order valence-electron chi connectivity index (χ2n) is 5.07. The van der Waals surface area contributed by atoms with E-state index in [4.69, 9.17) is 0 Å². The standard InChI is InChI=1S/C18H18FNS/c1-3-12-10-11-21-18(12)17(20-2)15-8-9-16(19)14-7-5-4-6-13(14)15/h4-11,17,20H,3H2,1-2H3. The summed E-state index contributed by atoms with van der Waals surface area (Å²) in [6, 6.07) is 13.4. The highest BCUT2D eigenvalue weighted by Gasteiger charge is 2.19. The van der Waals surface area contributed by atoms with E-state index in [-0.39, 0.29) is 11.9 Å². The molecule has 1 N–H and O–H groups in total. The summed E-state index contributed by atoms with van der Waals surface area (Å²) < 4.78 is 14.0. The lowest BCUT2D eigenvalue weighted by molar-refractivity contribution is 0.637. The van der Waals surface area contributed by atoms with Crippen molar-refractivity contribution in [3.8, 4) is 0 Å². The fourth-order valence-corrected chi connectivity index (χ4v) is 3.98. The molecule has 3 aromatic rings. The van der Waals surface area contributed by atoms with Gasteiger partial charge in [0.15, 0.2) is 0 Å². The highest BCUT2D eigenvalue weighted by Crippen LogP contribution is 2.34. The Bertz CT molecular complexity index is 763. The molecule has 2 aromatic carbocycles. The van der Waals surface area contributed by atoms with Crippen LogP contribution in [0.4, 0.5) is 4.39 Å². The first kappa shape index (κ1) is 14.2. The Hall–Kier alpha value is -1.71. The van der Waals surface area contributed by atoms with Gasteiger partial charge in [0.1, 0.15) is 5.82 Å². The zero-order chi connectivity index (χ0) is 14.8. The Morgan fingerprint density at radius 1 is 1.10 bits per heavy atom. The Morgan fingerprint density at radius 2 is 1.86 bits per heavy atom. The van der Waals surface area contributed by atoms with Gasteiger partial charge in [-0.05, 0) is 47.5 Å². The van der Waals surface area contributed by atoms with Crippen LogP contribution in [-0.2, 0) is 6.42 Å². The summed E-state index contributed by atoms with van der Waals surface area (Å²) in [6.45, 7) is 2.17. The van der Waals surface area contributed by atoms with Gasteiger partial charge in [0.25, 0.3) is 0 Å². The molecule has 1 atom stereocenters. The first-order valence-electron chi connectivity index (χ1n) is 7.17. The molecule has 0 amide bonds. The lowest BCUT2D eigenvalue weighted by atomic mass is 9.95. The Labute approximate surface area is 128 Å². The maximum Gasteiger partial charge on any atom is 0.131 e. The Morgan fingerprint density at radius 3 is 2.57 bits per heavy atom. The number of hydrogen-bond donors (Lipinski definition) is 1. The molecule has 21 heavy (non-hydrogen) atoms. The van der Waals surface area contributed by atoms with E-state index in [9.17, 15) is 4.39 Å². The normalized spacial score (nSPS) is 12.7. The number of aryl methyl sites for hydroxylation is 1. The van der Waals surface area contributed by atoms with E-state index in [2.05, 4.69) is 23.7 Å². The molecular formula is C18H18FNS. The van der Waals surface area contributed by atoms with Crippen LogP contribution >= 0.6 is 11.3 Å². The van der Waals surface area contributed by atoms with Gasteiger partial charge >= 0.3 is 0 Å². The van der Waals surface area contributed by atoms with Crippen molar-refractivity contribution in [2.24, 2.45) is 0 Å². The predicted molar refractivity (Wildman–Crippen MR) is 88.5 cm³/mol. The maximum absolute atomic E-state index is 14.0. The molecule has 0 saturated heterocycles. The highest BCUT2D eigenvalue weighted by atomic mass is 32.1. The summed E-state index contributed by atoms with van der Waals surface area (Å²) in [5.41, 5.74) is 2.49. The third-order valence-electron chi connectivity index (χ3n) is 3.93. The van der Waals surface area contributed by atoms with Gasteiger partial charge in [-0.3, -0.25) is 0 Å². The summed E-state index contributed by atoms with van der Waals surface area (Å²) in [4.78, 5) is 1.32. The molecule has 0 aliphatic heterocycles. The molecule has 3 rings (SSSR count). The van der Waals surface area contributed by atoms with E-state index >= 15 is 0 Å². The fourth-order valence-electron chi connectivity index (χ4n) is 2.86. The van der Waals surface area contributed by atoms with Gasteiger partial charge in [0.05, 0.1) is 6.04 Å². The van der Waals surface area contributed by atoms with Crippen LogP contribution < -0.4 is 5.32 Å². The first-order valence-corrected chi connectivity index (χ1v) is 8.05. The Balaban J connectivity index is 2.20. The van der Waals surface area contributed by atoms with Crippen LogP contribution in [0.5, 0.6) is 0 Å². The summed E-state index contributed by atoms with van der Waals surface area (Å²) in [5.74, 6) is -0.161. The summed E-state index contributed by atoms with van der Waals surface area (Å²) in [7, 11) is 1.96. The van der Waals surface area contributed by atoms with Crippen molar-refractivity contribution in [1.82, 2.24) is 5.32 Å². The average molecular weight is 299 g/mol. The van der Waals surface area contributed by atoms with Crippen molar-refractivity contribution in [3.05, 3.63) is 69.7 Å². The molecule has 0 aliphatic rings. The van der Waals surface area contributed by atoms with Crippen LogP contribution in [0.15, 0.2) is 47.8 Å². The van der Waals surface area contributed by atoms with Gasteiger partial charge in [-0.25, -0.2) is 4.39 Å². The fraction of sp³-hybridized carbons (Fsp3) is 0.222. The largest absolute Gasteiger partial charge is 0.309 e. The molecule has 0 saturated carbocycles. The molecule has 108 valence electrons. The quantitative estimate of drug-likeness (QED) is 0.721. The molecule has 0 spiro atoms. The minimum atomic E-state index is -0.161. The van der Waals surface area contributed by atoms with Crippen LogP contribution in [0.2, 0.25) is 0 Å². The average Bonchev–Trinajstić information content (AvgIpc) is 2.99. The zero-order valence-electron chi connectivity index (χ0n) is 12.2. The number of fused-ring (bicyclic) bond motifs is 1. The number of benzene rings is 2. The van der Waals surface area contributed by atoms with Crippen molar-refractivity contribution in [2.75, 3.05) is 7.05 Å². The molecular weight excluding hydrogens is 281 g/mol. The SMILES string of the molecule is CCc1ccsc1C(NC)c1ccc(F)c2ccccc12. The second-order valence-corrected chi connectivity index (χ2v) is 6.02. The minimum absolute atomic E-state index is 0.102. The monoisotopic (exact) mass is 299 g/mol. The number of hydrogen-bond acceptors (Lipinski definition) is 2. The minimum Gasteiger partial charge on any atom is -0.309 e. The van der Waals surface area contributed by atoms with Crippen molar-refractivity contribution in [2.45, 2.75) is 19.4 Å². The molecule has 1 heterocycles. The van der Waals surface area contributed by atoms with E-state index in [0.717, 1.165) is 17.4 Å². The van der Waals surface area contributed by atoms with Crippen molar-refractivity contribution < 1.29 is 4.39 Å². The summed E-state index contributed by atoms with van der Waals surface area (Å²) in [5, 5.41) is 7.19. The molecule has 0 bridgehead atoms. The van der Waals surface area contributed by atoms with Gasteiger partial charge < -0.3 is 5.32 Å². The summed E-state index contributed by atoms with van der Waals surface area (Å²) in [6.07, 6.45) is 1.01. The lowest BCUT2D eigenvalue weighted by Gasteiger charge is -2.19. The van der Waals surface area contributed by atoms with Crippen LogP contribution in [-0.4, -0.2) is 7.05 Å². The van der Waals surface area contributed by atoms with Crippen LogP contribution in [0.25, 0.3) is 10.8 Å². The second kappa shape index (κ2) is 5.96. The predicted octanol–water partition coefficient (Wildman–Crippen LogP) is 4.91. The van der Waals surface area contributed by atoms with Crippen molar-refractivity contribution in [3.63, 3.8) is 0 Å².